The Balaban J connectivity index is 1.42. The summed E-state index contributed by atoms with van der Waals surface area (Å²) < 4.78 is 38.3. The maximum atomic E-state index is 13.4. The molecule has 0 radical (unpaired) electrons. The number of hydrogen-bond donors (Lipinski definition) is 7. The van der Waals surface area contributed by atoms with Gasteiger partial charge in [-0.2, -0.15) is 0 Å². The molecule has 2 aliphatic rings. The van der Waals surface area contributed by atoms with Crippen LogP contribution in [-0.2, 0) is 14.2 Å². The number of ether oxygens (including phenoxy) is 6. The van der Waals surface area contributed by atoms with E-state index in [9.17, 15) is 40.5 Å². The van der Waals surface area contributed by atoms with Gasteiger partial charge in [0.25, 0.3) is 0 Å². The molecular formula is C26H30O15. The van der Waals surface area contributed by atoms with Gasteiger partial charge in [0.1, 0.15) is 76.2 Å². The van der Waals surface area contributed by atoms with Gasteiger partial charge in [-0.3, -0.25) is 4.79 Å². The smallest absolute Gasteiger partial charge is 0.229 e. The molecule has 0 aliphatic carbocycles. The Bertz CT molecular complexity index is 1460. The summed E-state index contributed by atoms with van der Waals surface area (Å²) in [6, 6.07) is 5.45. The van der Waals surface area contributed by atoms with Crippen LogP contribution in [0.5, 0.6) is 23.0 Å². The number of phenolic OH excluding ortho intramolecular Hbond substituents is 1. The summed E-state index contributed by atoms with van der Waals surface area (Å²) >= 11 is 0. The number of methoxy groups -OCH3 is 2. The van der Waals surface area contributed by atoms with E-state index in [0.717, 1.165) is 0 Å². The Morgan fingerprint density at radius 2 is 1.59 bits per heavy atom. The van der Waals surface area contributed by atoms with E-state index in [0.29, 0.717) is 0 Å². The van der Waals surface area contributed by atoms with E-state index < -0.39 is 67.3 Å². The lowest BCUT2D eigenvalue weighted by molar-refractivity contribution is -0.307. The van der Waals surface area contributed by atoms with E-state index in [1.165, 1.54) is 38.5 Å². The highest BCUT2D eigenvalue weighted by Crippen LogP contribution is 2.39. The summed E-state index contributed by atoms with van der Waals surface area (Å²) in [7, 11) is 2.65. The number of fused-ring (bicyclic) bond motifs is 2. The van der Waals surface area contributed by atoms with Crippen molar-refractivity contribution in [1.29, 1.82) is 0 Å². The first-order valence-electron chi connectivity index (χ1n) is 12.5. The second-order valence-corrected chi connectivity index (χ2v) is 9.64. The summed E-state index contributed by atoms with van der Waals surface area (Å²) in [4.78, 5) is 13.4. The number of hydrogen-bond acceptors (Lipinski definition) is 15. The summed E-state index contributed by atoms with van der Waals surface area (Å²) in [5.41, 5.74) is -0.492. The molecule has 3 heterocycles. The Kier molecular flexibility index (Phi) is 8.24. The highest BCUT2D eigenvalue weighted by molar-refractivity contribution is 5.97. The van der Waals surface area contributed by atoms with Crippen molar-refractivity contribution in [2.24, 2.45) is 0 Å². The second kappa shape index (κ2) is 11.6. The predicted octanol–water partition coefficient (Wildman–Crippen LogP) is -1.69. The fourth-order valence-electron chi connectivity index (χ4n) is 4.78. The van der Waals surface area contributed by atoms with Crippen molar-refractivity contribution in [3.63, 3.8) is 0 Å². The number of aliphatic hydroxyl groups is 6. The summed E-state index contributed by atoms with van der Waals surface area (Å²) in [5, 5.41) is 71.2. The molecule has 0 saturated carbocycles. The van der Waals surface area contributed by atoms with Crippen molar-refractivity contribution in [2.75, 3.05) is 27.4 Å². The van der Waals surface area contributed by atoms with Crippen LogP contribution >= 0.6 is 0 Å². The molecule has 2 aliphatic heterocycles. The molecule has 0 bridgehead atoms. The summed E-state index contributed by atoms with van der Waals surface area (Å²) in [6.45, 7) is -0.803. The SMILES string of the molecule is COc1cc(O)c2c(=O)c3c(OC)c(OC4OC(COC5OCC(O)C(O)C5O)C(O)C(O)C4O)ccc3oc2c1. The van der Waals surface area contributed by atoms with Gasteiger partial charge < -0.3 is 68.6 Å². The van der Waals surface area contributed by atoms with Gasteiger partial charge in [0, 0.05) is 12.1 Å². The van der Waals surface area contributed by atoms with Crippen molar-refractivity contribution >= 4 is 21.9 Å². The minimum absolute atomic E-state index is 0.0650. The Morgan fingerprint density at radius 1 is 0.854 bits per heavy atom. The minimum Gasteiger partial charge on any atom is -0.507 e. The van der Waals surface area contributed by atoms with Gasteiger partial charge in [0.15, 0.2) is 17.8 Å². The average Bonchev–Trinajstić information content (AvgIpc) is 2.96. The fraction of sp³-hybridized carbons (Fsp3) is 0.500. The number of aliphatic hydroxyl groups excluding tert-OH is 6. The van der Waals surface area contributed by atoms with E-state index in [-0.39, 0.29) is 51.5 Å². The molecule has 9 unspecified atom stereocenters. The van der Waals surface area contributed by atoms with E-state index in [2.05, 4.69) is 0 Å². The summed E-state index contributed by atoms with van der Waals surface area (Å²) in [6.07, 6.45) is -13.9. The Hall–Kier alpha value is -3.25. The van der Waals surface area contributed by atoms with Gasteiger partial charge in [-0.25, -0.2) is 0 Å². The lowest BCUT2D eigenvalue weighted by Gasteiger charge is -2.41. The highest BCUT2D eigenvalue weighted by atomic mass is 16.7. The minimum atomic E-state index is -1.76. The predicted molar refractivity (Wildman–Crippen MR) is 136 cm³/mol. The van der Waals surface area contributed by atoms with E-state index in [4.69, 9.17) is 32.8 Å². The molecule has 1 aromatic heterocycles. The van der Waals surface area contributed by atoms with Crippen molar-refractivity contribution in [2.45, 2.75) is 55.3 Å². The number of rotatable bonds is 7. The zero-order chi connectivity index (χ0) is 29.6. The highest BCUT2D eigenvalue weighted by Gasteiger charge is 2.46. The van der Waals surface area contributed by atoms with Crippen LogP contribution in [0.4, 0.5) is 0 Å². The lowest BCUT2D eigenvalue weighted by atomic mass is 9.99. The zero-order valence-electron chi connectivity index (χ0n) is 21.8. The first-order valence-corrected chi connectivity index (χ1v) is 12.5. The molecule has 3 aromatic rings. The van der Waals surface area contributed by atoms with Gasteiger partial charge in [-0.1, -0.05) is 0 Å². The third kappa shape index (κ3) is 5.27. The van der Waals surface area contributed by atoms with Crippen LogP contribution in [0, 0.1) is 0 Å². The maximum Gasteiger partial charge on any atom is 0.229 e. The molecule has 41 heavy (non-hydrogen) atoms. The largest absolute Gasteiger partial charge is 0.507 e. The Morgan fingerprint density at radius 3 is 2.29 bits per heavy atom. The fourth-order valence-corrected chi connectivity index (χ4v) is 4.78. The van der Waals surface area contributed by atoms with Crippen LogP contribution in [0.25, 0.3) is 21.9 Å². The van der Waals surface area contributed by atoms with Crippen molar-refractivity contribution < 1.29 is 68.6 Å². The monoisotopic (exact) mass is 582 g/mol. The lowest BCUT2D eigenvalue weighted by Crippen LogP contribution is -2.61. The van der Waals surface area contributed by atoms with Crippen LogP contribution in [0.3, 0.4) is 0 Å². The van der Waals surface area contributed by atoms with Gasteiger partial charge in [-0.05, 0) is 12.1 Å². The molecule has 15 nitrogen and oxygen atoms in total. The van der Waals surface area contributed by atoms with Crippen LogP contribution < -0.4 is 19.6 Å². The van der Waals surface area contributed by atoms with E-state index in [1.807, 2.05) is 0 Å². The average molecular weight is 583 g/mol. The first kappa shape index (κ1) is 29.2. The number of phenols is 1. The molecule has 15 heteroatoms. The first-order chi connectivity index (χ1) is 19.5. The van der Waals surface area contributed by atoms with Crippen molar-refractivity contribution in [1.82, 2.24) is 0 Å². The number of aromatic hydroxyl groups is 1. The normalized spacial score (nSPS) is 32.2. The molecule has 2 aromatic carbocycles. The molecule has 7 N–H and O–H groups in total. The third-order valence-electron chi connectivity index (χ3n) is 7.04. The van der Waals surface area contributed by atoms with Crippen LogP contribution in [-0.4, -0.2) is 118 Å². The molecule has 2 fully saturated rings. The van der Waals surface area contributed by atoms with Crippen LogP contribution in [0.2, 0.25) is 0 Å². The van der Waals surface area contributed by atoms with Crippen molar-refractivity contribution in [3.8, 4) is 23.0 Å². The zero-order valence-corrected chi connectivity index (χ0v) is 21.8. The van der Waals surface area contributed by atoms with Crippen LogP contribution in [0.15, 0.2) is 33.5 Å². The maximum absolute atomic E-state index is 13.4. The second-order valence-electron chi connectivity index (χ2n) is 9.64. The molecule has 0 amide bonds. The quantitative estimate of drug-likeness (QED) is 0.154. The van der Waals surface area contributed by atoms with Gasteiger partial charge in [-0.15, -0.1) is 0 Å². The summed E-state index contributed by atoms with van der Waals surface area (Å²) in [5.74, 6) is -0.340. The van der Waals surface area contributed by atoms with Crippen molar-refractivity contribution in [3.05, 3.63) is 34.5 Å². The van der Waals surface area contributed by atoms with Gasteiger partial charge in [0.2, 0.25) is 11.7 Å². The molecular weight excluding hydrogens is 552 g/mol. The van der Waals surface area contributed by atoms with Crippen LogP contribution in [0.1, 0.15) is 0 Å². The molecule has 2 saturated heterocycles. The van der Waals surface area contributed by atoms with Gasteiger partial charge in [0.05, 0.1) is 27.4 Å². The van der Waals surface area contributed by atoms with Gasteiger partial charge >= 0.3 is 0 Å². The molecule has 0 spiro atoms. The number of benzene rings is 2. The van der Waals surface area contributed by atoms with E-state index in [1.54, 1.807) is 0 Å². The standard InChI is InChI=1S/C26H30O15/c1-35-9-5-10(27)16-14(6-9)39-12-3-4-13(24(36-2)17(12)20(16)31)40-26-23(34)21(32)19(30)15(41-26)8-38-25-22(33)18(29)11(28)7-37-25/h3-6,11,15,18-19,21-23,25-30,32-34H,7-8H2,1-2H3. The molecule has 5 rings (SSSR count). The topological polar surface area (TPSA) is 227 Å². The molecule has 224 valence electrons. The Labute approximate surface area is 231 Å². The molecule has 9 atom stereocenters. The van der Waals surface area contributed by atoms with E-state index >= 15 is 0 Å². The third-order valence-corrected chi connectivity index (χ3v) is 7.04.